The fraction of sp³-hybridized carbons (Fsp3) is 0.632. The van der Waals surface area contributed by atoms with Gasteiger partial charge >= 0.3 is 0 Å². The predicted octanol–water partition coefficient (Wildman–Crippen LogP) is 3.95. The molecule has 0 aromatic heterocycles. The highest BCUT2D eigenvalue weighted by Crippen LogP contribution is 2.17. The molecule has 23 heavy (non-hydrogen) atoms. The molecule has 0 bridgehead atoms. The Bertz CT molecular complexity index is 477. The summed E-state index contributed by atoms with van der Waals surface area (Å²) in [5, 5.41) is 4.05. The van der Waals surface area contributed by atoms with Crippen LogP contribution in [0.4, 0.5) is 0 Å². The summed E-state index contributed by atoms with van der Waals surface area (Å²) in [4.78, 5) is 7.43. The molecule has 1 fully saturated rings. The maximum atomic E-state index is 5.85. The van der Waals surface area contributed by atoms with E-state index in [0.717, 1.165) is 48.9 Å². The fourth-order valence-corrected chi connectivity index (χ4v) is 2.94. The third kappa shape index (κ3) is 5.87. The van der Waals surface area contributed by atoms with E-state index in [9.17, 15) is 0 Å². The van der Waals surface area contributed by atoms with Crippen LogP contribution in [0.15, 0.2) is 29.4 Å². The van der Waals surface area contributed by atoms with Gasteiger partial charge in [0, 0.05) is 6.54 Å². The maximum Gasteiger partial charge on any atom is 0.119 e. The minimum absolute atomic E-state index is 0.776. The zero-order valence-corrected chi connectivity index (χ0v) is 14.8. The van der Waals surface area contributed by atoms with Crippen molar-refractivity contribution >= 4 is 5.71 Å². The van der Waals surface area contributed by atoms with Gasteiger partial charge in [-0.25, -0.2) is 0 Å². The first-order chi connectivity index (χ1) is 11.2. The van der Waals surface area contributed by atoms with Gasteiger partial charge in [0.1, 0.15) is 12.9 Å². The van der Waals surface area contributed by atoms with E-state index in [1.54, 1.807) is 7.11 Å². The van der Waals surface area contributed by atoms with Crippen LogP contribution in [0.25, 0.3) is 0 Å². The second-order valence-corrected chi connectivity index (χ2v) is 6.32. The number of hydrogen-bond acceptors (Lipinski definition) is 4. The van der Waals surface area contributed by atoms with Gasteiger partial charge in [0.2, 0.25) is 0 Å². The second-order valence-electron chi connectivity index (χ2n) is 6.32. The van der Waals surface area contributed by atoms with Crippen molar-refractivity contribution in [3.05, 3.63) is 29.8 Å². The quantitative estimate of drug-likeness (QED) is 0.413. The van der Waals surface area contributed by atoms with Gasteiger partial charge in [-0.2, -0.15) is 0 Å². The van der Waals surface area contributed by atoms with Gasteiger partial charge in [-0.05, 0) is 74.5 Å². The van der Waals surface area contributed by atoms with Crippen molar-refractivity contribution in [2.45, 2.75) is 39.5 Å². The van der Waals surface area contributed by atoms with Crippen molar-refractivity contribution in [1.82, 2.24) is 4.90 Å². The summed E-state index contributed by atoms with van der Waals surface area (Å²) in [6.07, 6.45) is 4.61. The minimum atomic E-state index is 0.776. The SMILES string of the molecule is CC/C(=N/OC)c1ccc(OCCCN2CCC(C)CC2)cc1. The van der Waals surface area contributed by atoms with E-state index in [4.69, 9.17) is 9.57 Å². The number of benzene rings is 1. The van der Waals surface area contributed by atoms with Gasteiger partial charge in [0.25, 0.3) is 0 Å². The van der Waals surface area contributed by atoms with Gasteiger partial charge in [-0.15, -0.1) is 0 Å². The first-order valence-corrected chi connectivity index (χ1v) is 8.78. The van der Waals surface area contributed by atoms with Crippen molar-refractivity contribution < 1.29 is 9.57 Å². The van der Waals surface area contributed by atoms with Crippen LogP contribution >= 0.6 is 0 Å². The van der Waals surface area contributed by atoms with Crippen LogP contribution in [0.1, 0.15) is 45.1 Å². The molecule has 0 aliphatic carbocycles. The van der Waals surface area contributed by atoms with Crippen LogP contribution in [-0.2, 0) is 4.84 Å². The Hall–Kier alpha value is -1.55. The summed E-state index contributed by atoms with van der Waals surface area (Å²) in [5.41, 5.74) is 2.04. The summed E-state index contributed by atoms with van der Waals surface area (Å²) in [7, 11) is 1.58. The Morgan fingerprint density at radius 1 is 1.22 bits per heavy atom. The lowest BCUT2D eigenvalue weighted by atomic mass is 9.99. The number of rotatable bonds is 8. The Kier molecular flexibility index (Phi) is 7.40. The Morgan fingerprint density at radius 2 is 1.91 bits per heavy atom. The highest BCUT2D eigenvalue weighted by Gasteiger charge is 2.14. The van der Waals surface area contributed by atoms with E-state index in [1.165, 1.54) is 25.9 Å². The van der Waals surface area contributed by atoms with E-state index in [2.05, 4.69) is 23.9 Å². The summed E-state index contributed by atoms with van der Waals surface area (Å²) < 4.78 is 5.85. The van der Waals surface area contributed by atoms with Gasteiger partial charge in [-0.1, -0.05) is 19.0 Å². The first kappa shape index (κ1) is 17.8. The molecule has 2 rings (SSSR count). The Labute approximate surface area is 140 Å². The molecule has 1 aliphatic rings. The zero-order valence-electron chi connectivity index (χ0n) is 14.8. The van der Waals surface area contributed by atoms with Gasteiger partial charge in [0.15, 0.2) is 0 Å². The molecule has 4 nitrogen and oxygen atoms in total. The lowest BCUT2D eigenvalue weighted by molar-refractivity contribution is 0.177. The number of hydrogen-bond donors (Lipinski definition) is 0. The van der Waals surface area contributed by atoms with Crippen LogP contribution < -0.4 is 4.74 Å². The summed E-state index contributed by atoms with van der Waals surface area (Å²) in [6, 6.07) is 8.11. The van der Waals surface area contributed by atoms with Crippen LogP contribution in [-0.4, -0.2) is 44.0 Å². The van der Waals surface area contributed by atoms with E-state index >= 15 is 0 Å². The van der Waals surface area contributed by atoms with E-state index in [-0.39, 0.29) is 0 Å². The Morgan fingerprint density at radius 3 is 2.52 bits per heavy atom. The molecule has 1 saturated heterocycles. The van der Waals surface area contributed by atoms with Crippen LogP contribution in [0.5, 0.6) is 5.75 Å². The van der Waals surface area contributed by atoms with Crippen molar-refractivity contribution in [2.24, 2.45) is 11.1 Å². The highest BCUT2D eigenvalue weighted by atomic mass is 16.6. The number of likely N-dealkylation sites (tertiary alicyclic amines) is 1. The molecular formula is C19H30N2O2. The monoisotopic (exact) mass is 318 g/mol. The number of oxime groups is 1. The largest absolute Gasteiger partial charge is 0.494 e. The molecule has 0 radical (unpaired) electrons. The van der Waals surface area contributed by atoms with Gasteiger partial charge in [0.05, 0.1) is 12.3 Å². The van der Waals surface area contributed by atoms with E-state index in [0.29, 0.717) is 0 Å². The average molecular weight is 318 g/mol. The normalized spacial score (nSPS) is 17.3. The molecule has 128 valence electrons. The molecular weight excluding hydrogens is 288 g/mol. The smallest absolute Gasteiger partial charge is 0.119 e. The highest BCUT2D eigenvalue weighted by molar-refractivity contribution is 6.00. The lowest BCUT2D eigenvalue weighted by Crippen LogP contribution is -2.34. The molecule has 0 saturated carbocycles. The predicted molar refractivity (Wildman–Crippen MR) is 95.2 cm³/mol. The van der Waals surface area contributed by atoms with Crippen molar-refractivity contribution in [3.8, 4) is 5.75 Å². The molecule has 0 N–H and O–H groups in total. The molecule has 4 heteroatoms. The number of ether oxygens (including phenoxy) is 1. The molecule has 1 heterocycles. The van der Waals surface area contributed by atoms with Crippen LogP contribution in [0.2, 0.25) is 0 Å². The molecule has 1 aromatic rings. The summed E-state index contributed by atoms with van der Waals surface area (Å²) in [6.45, 7) is 8.83. The van der Waals surface area contributed by atoms with Crippen molar-refractivity contribution in [2.75, 3.05) is 33.4 Å². The molecule has 0 atom stereocenters. The molecule has 0 unspecified atom stereocenters. The molecule has 0 amide bonds. The zero-order chi connectivity index (χ0) is 16.5. The van der Waals surface area contributed by atoms with Crippen LogP contribution in [0.3, 0.4) is 0 Å². The van der Waals surface area contributed by atoms with Crippen LogP contribution in [0, 0.1) is 5.92 Å². The standard InChI is InChI=1S/C19H30N2O2/c1-4-19(20-22-3)17-6-8-18(9-7-17)23-15-5-12-21-13-10-16(2)11-14-21/h6-9,16H,4-5,10-15H2,1-3H3/b20-19-. The Balaban J connectivity index is 1.71. The summed E-state index contributed by atoms with van der Waals surface area (Å²) >= 11 is 0. The molecule has 1 aromatic carbocycles. The topological polar surface area (TPSA) is 34.1 Å². The maximum absolute atomic E-state index is 5.85. The first-order valence-electron chi connectivity index (χ1n) is 8.78. The fourth-order valence-electron chi connectivity index (χ4n) is 2.94. The van der Waals surface area contributed by atoms with E-state index < -0.39 is 0 Å². The van der Waals surface area contributed by atoms with Crippen molar-refractivity contribution in [3.63, 3.8) is 0 Å². The van der Waals surface area contributed by atoms with Crippen molar-refractivity contribution in [1.29, 1.82) is 0 Å². The summed E-state index contributed by atoms with van der Waals surface area (Å²) in [5.74, 6) is 1.82. The lowest BCUT2D eigenvalue weighted by Gasteiger charge is -2.30. The third-order valence-electron chi connectivity index (χ3n) is 4.49. The van der Waals surface area contributed by atoms with Gasteiger partial charge in [-0.3, -0.25) is 0 Å². The number of piperidine rings is 1. The molecule has 0 spiro atoms. The minimum Gasteiger partial charge on any atom is -0.494 e. The third-order valence-corrected chi connectivity index (χ3v) is 4.49. The second kappa shape index (κ2) is 9.56. The molecule has 1 aliphatic heterocycles. The van der Waals surface area contributed by atoms with Gasteiger partial charge < -0.3 is 14.5 Å². The van der Waals surface area contributed by atoms with E-state index in [1.807, 2.05) is 24.3 Å². The average Bonchev–Trinajstić information content (AvgIpc) is 2.59. The number of nitrogens with zero attached hydrogens (tertiary/aromatic N) is 2.